The van der Waals surface area contributed by atoms with Crippen LogP contribution in [0.25, 0.3) is 0 Å². The molecule has 2 N–H and O–H groups in total. The summed E-state index contributed by atoms with van der Waals surface area (Å²) in [6.07, 6.45) is 0.629. The largest absolute Gasteiger partial charge is 0.480 e. The van der Waals surface area contributed by atoms with Crippen LogP contribution in [0.1, 0.15) is 30.6 Å². The summed E-state index contributed by atoms with van der Waals surface area (Å²) in [5, 5.41) is 11.5. The third-order valence-electron chi connectivity index (χ3n) is 2.95. The van der Waals surface area contributed by atoms with Crippen LogP contribution in [0.15, 0.2) is 22.7 Å². The van der Waals surface area contributed by atoms with Crippen LogP contribution in [0.2, 0.25) is 0 Å². The van der Waals surface area contributed by atoms with E-state index >= 15 is 0 Å². The fourth-order valence-electron chi connectivity index (χ4n) is 1.55. The Morgan fingerprint density at radius 1 is 1.47 bits per heavy atom. The Hall–Kier alpha value is -1.43. The Bertz CT molecular complexity index is 493. The predicted octanol–water partition coefficient (Wildman–Crippen LogP) is 2.82. The number of amides is 1. The highest BCUT2D eigenvalue weighted by molar-refractivity contribution is 9.10. The maximum Gasteiger partial charge on any atom is 0.326 e. The van der Waals surface area contributed by atoms with Crippen molar-refractivity contribution in [3.05, 3.63) is 34.1 Å². The normalized spacial score (nSPS) is 13.7. The molecule has 0 saturated carbocycles. The molecule has 104 valence electrons. The van der Waals surface area contributed by atoms with Crippen LogP contribution in [0.5, 0.6) is 0 Å². The van der Waals surface area contributed by atoms with Crippen LogP contribution in [-0.2, 0) is 4.79 Å². The smallest absolute Gasteiger partial charge is 0.326 e. The van der Waals surface area contributed by atoms with Crippen molar-refractivity contribution in [2.75, 3.05) is 0 Å². The van der Waals surface area contributed by atoms with Crippen molar-refractivity contribution in [1.29, 1.82) is 0 Å². The van der Waals surface area contributed by atoms with Crippen molar-refractivity contribution in [2.45, 2.75) is 26.3 Å². The summed E-state index contributed by atoms with van der Waals surface area (Å²) in [6, 6.07) is 2.82. The number of carboxylic acid groups (broad SMARTS) is 1. The second kappa shape index (κ2) is 6.65. The number of carbonyl (C=O) groups excluding carboxylic acids is 1. The maximum atomic E-state index is 13.1. The SMILES string of the molecule is CC[C@H](C)[C@H](NC(=O)c1ccc(F)c(Br)c1)C(=O)O. The van der Waals surface area contributed by atoms with E-state index in [4.69, 9.17) is 5.11 Å². The highest BCUT2D eigenvalue weighted by Crippen LogP contribution is 2.17. The van der Waals surface area contributed by atoms with Gasteiger partial charge in [-0.1, -0.05) is 20.3 Å². The topological polar surface area (TPSA) is 66.4 Å². The van der Waals surface area contributed by atoms with Gasteiger partial charge in [0.25, 0.3) is 5.91 Å². The maximum absolute atomic E-state index is 13.1. The van der Waals surface area contributed by atoms with Crippen molar-refractivity contribution in [3.63, 3.8) is 0 Å². The molecule has 0 aromatic heterocycles. The summed E-state index contributed by atoms with van der Waals surface area (Å²) in [4.78, 5) is 23.0. The van der Waals surface area contributed by atoms with Gasteiger partial charge in [0, 0.05) is 5.56 Å². The predicted molar refractivity (Wildman–Crippen MR) is 72.4 cm³/mol. The molecule has 6 heteroatoms. The minimum Gasteiger partial charge on any atom is -0.480 e. The molecular formula is C13H15BrFNO3. The number of hydrogen-bond donors (Lipinski definition) is 2. The zero-order valence-corrected chi connectivity index (χ0v) is 12.2. The second-order valence-corrected chi connectivity index (χ2v) is 5.16. The summed E-state index contributed by atoms with van der Waals surface area (Å²) in [5.41, 5.74) is 0.211. The number of aliphatic carboxylic acids is 1. The lowest BCUT2D eigenvalue weighted by Gasteiger charge is -2.20. The fourth-order valence-corrected chi connectivity index (χ4v) is 1.92. The van der Waals surface area contributed by atoms with Gasteiger partial charge in [-0.3, -0.25) is 4.79 Å². The summed E-state index contributed by atoms with van der Waals surface area (Å²) in [6.45, 7) is 3.60. The van der Waals surface area contributed by atoms with Crippen molar-refractivity contribution >= 4 is 27.8 Å². The van der Waals surface area contributed by atoms with Crippen LogP contribution < -0.4 is 5.32 Å². The molecule has 0 aliphatic rings. The molecule has 0 saturated heterocycles. The van der Waals surface area contributed by atoms with Crippen LogP contribution in [0.4, 0.5) is 4.39 Å². The molecule has 0 radical (unpaired) electrons. The fraction of sp³-hybridized carbons (Fsp3) is 0.385. The number of nitrogens with one attached hydrogen (secondary N) is 1. The number of carbonyl (C=O) groups is 2. The van der Waals surface area contributed by atoms with Gasteiger partial charge >= 0.3 is 5.97 Å². The Morgan fingerprint density at radius 2 is 2.11 bits per heavy atom. The van der Waals surface area contributed by atoms with E-state index in [-0.39, 0.29) is 16.0 Å². The first-order valence-corrected chi connectivity index (χ1v) is 6.64. The molecule has 0 unspecified atom stereocenters. The average molecular weight is 332 g/mol. The molecule has 2 atom stereocenters. The van der Waals surface area contributed by atoms with Gasteiger partial charge < -0.3 is 10.4 Å². The van der Waals surface area contributed by atoms with Gasteiger partial charge in [0.15, 0.2) is 0 Å². The first kappa shape index (κ1) is 15.6. The Labute approximate surface area is 119 Å². The Morgan fingerprint density at radius 3 is 2.58 bits per heavy atom. The summed E-state index contributed by atoms with van der Waals surface area (Å²) < 4.78 is 13.2. The lowest BCUT2D eigenvalue weighted by Crippen LogP contribution is -2.45. The van der Waals surface area contributed by atoms with E-state index < -0.39 is 23.7 Å². The number of halogens is 2. The third-order valence-corrected chi connectivity index (χ3v) is 3.56. The van der Waals surface area contributed by atoms with Crippen LogP contribution in [0.3, 0.4) is 0 Å². The summed E-state index contributed by atoms with van der Waals surface area (Å²) in [7, 11) is 0. The molecule has 1 aromatic rings. The molecule has 0 heterocycles. The minimum atomic E-state index is -1.08. The van der Waals surface area contributed by atoms with Crippen LogP contribution >= 0.6 is 15.9 Å². The summed E-state index contributed by atoms with van der Waals surface area (Å²) >= 11 is 2.98. The Balaban J connectivity index is 2.87. The minimum absolute atomic E-state index is 0.163. The number of benzene rings is 1. The molecule has 0 aliphatic heterocycles. The zero-order valence-electron chi connectivity index (χ0n) is 10.6. The van der Waals surface area contributed by atoms with Gasteiger partial charge in [0.1, 0.15) is 11.9 Å². The molecular weight excluding hydrogens is 317 g/mol. The van der Waals surface area contributed by atoms with Gasteiger partial charge in [0.2, 0.25) is 0 Å². The van der Waals surface area contributed by atoms with Crippen molar-refractivity contribution in [2.24, 2.45) is 5.92 Å². The first-order valence-electron chi connectivity index (χ1n) is 5.85. The van der Waals surface area contributed by atoms with E-state index in [1.807, 2.05) is 6.92 Å². The monoisotopic (exact) mass is 331 g/mol. The molecule has 4 nitrogen and oxygen atoms in total. The van der Waals surface area contributed by atoms with Crippen molar-refractivity contribution in [1.82, 2.24) is 5.32 Å². The second-order valence-electron chi connectivity index (χ2n) is 4.30. The van der Waals surface area contributed by atoms with Crippen LogP contribution in [-0.4, -0.2) is 23.0 Å². The lowest BCUT2D eigenvalue weighted by atomic mass is 9.99. The quantitative estimate of drug-likeness (QED) is 0.871. The Kier molecular flexibility index (Phi) is 5.47. The van der Waals surface area contributed by atoms with E-state index in [0.717, 1.165) is 6.07 Å². The molecule has 0 fully saturated rings. The molecule has 0 spiro atoms. The molecule has 0 bridgehead atoms. The van der Waals surface area contributed by atoms with Gasteiger partial charge in [-0.25, -0.2) is 9.18 Å². The van der Waals surface area contributed by atoms with Crippen molar-refractivity contribution in [3.8, 4) is 0 Å². The van der Waals surface area contributed by atoms with Gasteiger partial charge in [0.05, 0.1) is 4.47 Å². The van der Waals surface area contributed by atoms with E-state index in [1.165, 1.54) is 12.1 Å². The average Bonchev–Trinajstić information content (AvgIpc) is 2.37. The standard InChI is InChI=1S/C13H15BrFNO3/c1-3-7(2)11(13(18)19)16-12(17)8-4-5-10(15)9(14)6-8/h4-7,11H,3H2,1-2H3,(H,16,17)(H,18,19)/t7-,11-/m0/s1. The van der Waals surface area contributed by atoms with Crippen LogP contribution in [0, 0.1) is 11.7 Å². The van der Waals surface area contributed by atoms with Gasteiger partial charge in [-0.05, 0) is 40.0 Å². The number of carboxylic acids is 1. The van der Waals surface area contributed by atoms with E-state index in [0.29, 0.717) is 6.42 Å². The number of hydrogen-bond acceptors (Lipinski definition) is 2. The third kappa shape index (κ3) is 4.02. The highest BCUT2D eigenvalue weighted by Gasteiger charge is 2.25. The van der Waals surface area contributed by atoms with E-state index in [2.05, 4.69) is 21.2 Å². The van der Waals surface area contributed by atoms with E-state index in [9.17, 15) is 14.0 Å². The molecule has 19 heavy (non-hydrogen) atoms. The van der Waals surface area contributed by atoms with Gasteiger partial charge in [-0.15, -0.1) is 0 Å². The van der Waals surface area contributed by atoms with Gasteiger partial charge in [-0.2, -0.15) is 0 Å². The number of rotatable bonds is 5. The van der Waals surface area contributed by atoms with Crippen molar-refractivity contribution < 1.29 is 19.1 Å². The molecule has 0 aliphatic carbocycles. The summed E-state index contributed by atoms with van der Waals surface area (Å²) in [5.74, 6) is -2.28. The molecule has 1 aromatic carbocycles. The molecule has 1 amide bonds. The lowest BCUT2D eigenvalue weighted by molar-refractivity contribution is -0.140. The zero-order chi connectivity index (χ0) is 14.6. The molecule has 1 rings (SSSR count). The first-order chi connectivity index (χ1) is 8.86. The highest BCUT2D eigenvalue weighted by atomic mass is 79.9. The van der Waals surface area contributed by atoms with E-state index in [1.54, 1.807) is 6.92 Å².